The number of hydrogen-bond acceptors (Lipinski definition) is 3. The Kier molecular flexibility index (Phi) is 9.10. The van der Waals surface area contributed by atoms with Crippen LogP contribution in [0.5, 0.6) is 5.75 Å². The predicted octanol–water partition coefficient (Wildman–Crippen LogP) is 4.58. The molecule has 0 saturated carbocycles. The van der Waals surface area contributed by atoms with Crippen molar-refractivity contribution in [3.05, 3.63) is 71.3 Å². The Hall–Kier alpha value is -3.21. The van der Waals surface area contributed by atoms with Crippen molar-refractivity contribution in [3.8, 4) is 5.75 Å². The largest absolute Gasteiger partial charge is 0.497 e. The van der Waals surface area contributed by atoms with Crippen LogP contribution in [0.2, 0.25) is 0 Å². The Morgan fingerprint density at radius 1 is 1.00 bits per heavy atom. The van der Waals surface area contributed by atoms with Crippen LogP contribution in [0.15, 0.2) is 64.6 Å². The third kappa shape index (κ3) is 6.36. The fourth-order valence-electron chi connectivity index (χ4n) is 2.01. The molecule has 0 spiro atoms. The van der Waals surface area contributed by atoms with Gasteiger partial charge in [0, 0.05) is 18.8 Å². The first-order valence-electron chi connectivity index (χ1n) is 8.29. The molecule has 1 N–H and O–H groups in total. The summed E-state index contributed by atoms with van der Waals surface area (Å²) in [4.78, 5) is 19.3. The van der Waals surface area contributed by atoms with Crippen molar-refractivity contribution in [3.63, 3.8) is 0 Å². The number of carbonyl (C=O) groups is 1. The number of allylic oxidation sites excluding steroid dienone is 1. The molecule has 136 valence electrons. The number of benzene rings is 2. The minimum atomic E-state index is -0.956. The molecule has 0 bridgehead atoms. The molecule has 2 rings (SSSR count). The van der Waals surface area contributed by atoms with Crippen LogP contribution in [0.25, 0.3) is 6.08 Å². The van der Waals surface area contributed by atoms with E-state index in [1.807, 2.05) is 50.3 Å². The molecular formula is C21H24N2O3. The van der Waals surface area contributed by atoms with Crippen molar-refractivity contribution in [1.82, 2.24) is 0 Å². The van der Waals surface area contributed by atoms with E-state index in [-0.39, 0.29) is 5.56 Å². The van der Waals surface area contributed by atoms with Crippen LogP contribution >= 0.6 is 0 Å². The second-order valence-electron chi connectivity index (χ2n) is 4.84. The Labute approximate surface area is 154 Å². The summed E-state index contributed by atoms with van der Waals surface area (Å²) < 4.78 is 5.11. The molecule has 0 aromatic heterocycles. The topological polar surface area (TPSA) is 71.2 Å². The van der Waals surface area contributed by atoms with Gasteiger partial charge in [0.2, 0.25) is 0 Å². The van der Waals surface area contributed by atoms with E-state index in [0.29, 0.717) is 5.84 Å². The zero-order valence-electron chi connectivity index (χ0n) is 15.5. The number of carboxylic acid groups (broad SMARTS) is 1. The number of aromatic carboxylic acids is 1. The van der Waals surface area contributed by atoms with Crippen molar-refractivity contribution < 1.29 is 14.6 Å². The lowest BCUT2D eigenvalue weighted by Crippen LogP contribution is -2.00. The van der Waals surface area contributed by atoms with Gasteiger partial charge in [-0.25, -0.2) is 9.79 Å². The van der Waals surface area contributed by atoms with Gasteiger partial charge in [-0.05, 0) is 35.9 Å². The molecule has 5 heteroatoms. The van der Waals surface area contributed by atoms with Gasteiger partial charge in [0.15, 0.2) is 5.84 Å². The minimum Gasteiger partial charge on any atom is -0.497 e. The molecule has 0 amide bonds. The van der Waals surface area contributed by atoms with Crippen LogP contribution in [0.3, 0.4) is 0 Å². The number of rotatable bonds is 5. The van der Waals surface area contributed by atoms with Crippen LogP contribution in [-0.2, 0) is 0 Å². The van der Waals surface area contributed by atoms with Gasteiger partial charge < -0.3 is 9.84 Å². The molecule has 0 heterocycles. The van der Waals surface area contributed by atoms with E-state index in [0.717, 1.165) is 16.9 Å². The summed E-state index contributed by atoms with van der Waals surface area (Å²) in [6, 6.07) is 14.1. The third-order valence-corrected chi connectivity index (χ3v) is 3.29. The van der Waals surface area contributed by atoms with Crippen molar-refractivity contribution in [2.75, 3.05) is 14.2 Å². The number of nitrogens with zero attached hydrogens (tertiary/aromatic N) is 2. The molecule has 0 atom stereocenters. The van der Waals surface area contributed by atoms with Gasteiger partial charge in [-0.3, -0.25) is 4.99 Å². The molecule has 0 unspecified atom stereocenters. The second-order valence-corrected chi connectivity index (χ2v) is 4.84. The number of amidine groups is 1. The molecule has 0 radical (unpaired) electrons. The van der Waals surface area contributed by atoms with Crippen LogP contribution in [0.4, 0.5) is 0 Å². The molecule has 0 saturated heterocycles. The van der Waals surface area contributed by atoms with Gasteiger partial charge in [-0.15, -0.1) is 0 Å². The first kappa shape index (κ1) is 20.8. The zero-order valence-corrected chi connectivity index (χ0v) is 15.5. The number of ether oxygens (including phenoxy) is 1. The summed E-state index contributed by atoms with van der Waals surface area (Å²) in [7, 11) is 3.27. The van der Waals surface area contributed by atoms with E-state index in [4.69, 9.17) is 9.84 Å². The number of hydrogen-bond donors (Lipinski definition) is 1. The maximum atomic E-state index is 10.9. The van der Waals surface area contributed by atoms with Gasteiger partial charge in [-0.1, -0.05) is 44.2 Å². The zero-order chi connectivity index (χ0) is 19.4. The lowest BCUT2D eigenvalue weighted by Gasteiger charge is -2.00. The van der Waals surface area contributed by atoms with E-state index >= 15 is 0 Å². The summed E-state index contributed by atoms with van der Waals surface area (Å²) in [5, 5.41) is 8.91. The quantitative estimate of drug-likeness (QED) is 0.632. The van der Waals surface area contributed by atoms with Crippen LogP contribution in [0.1, 0.15) is 35.3 Å². The standard InChI is InChI=1S/C19H18N2O3.C2H6/c1-20-18(15-7-9-16(10-8-15)19(22)23)21-13-3-4-14-5-11-17(24-2)12-6-14;1-2/h3-13H,1-2H3,(H,22,23);1-2H3/b4-3+,20-18?,21-13?;. The van der Waals surface area contributed by atoms with E-state index in [2.05, 4.69) is 9.98 Å². The summed E-state index contributed by atoms with van der Waals surface area (Å²) in [5.41, 5.74) is 2.03. The molecular weight excluding hydrogens is 328 g/mol. The highest BCUT2D eigenvalue weighted by atomic mass is 16.5. The average Bonchev–Trinajstić information content (AvgIpc) is 2.70. The molecule has 0 aliphatic carbocycles. The van der Waals surface area contributed by atoms with Crippen LogP contribution in [0, 0.1) is 0 Å². The summed E-state index contributed by atoms with van der Waals surface area (Å²) >= 11 is 0. The van der Waals surface area contributed by atoms with E-state index in [1.54, 1.807) is 32.5 Å². The molecule has 26 heavy (non-hydrogen) atoms. The smallest absolute Gasteiger partial charge is 0.335 e. The number of aliphatic imine (C=N–C) groups is 2. The van der Waals surface area contributed by atoms with Gasteiger partial charge >= 0.3 is 5.97 Å². The average molecular weight is 352 g/mol. The van der Waals surface area contributed by atoms with Crippen molar-refractivity contribution >= 4 is 24.1 Å². The predicted molar refractivity (Wildman–Crippen MR) is 108 cm³/mol. The Balaban J connectivity index is 0.00000163. The lowest BCUT2D eigenvalue weighted by atomic mass is 10.1. The fraction of sp³-hybridized carbons (Fsp3) is 0.190. The summed E-state index contributed by atoms with van der Waals surface area (Å²) in [6.07, 6.45) is 5.39. The van der Waals surface area contributed by atoms with Gasteiger partial charge in [0.1, 0.15) is 5.75 Å². The van der Waals surface area contributed by atoms with Gasteiger partial charge in [-0.2, -0.15) is 0 Å². The molecule has 0 aliphatic heterocycles. The number of carboxylic acids is 1. The second kappa shape index (κ2) is 11.4. The van der Waals surface area contributed by atoms with Gasteiger partial charge in [0.25, 0.3) is 0 Å². The first-order chi connectivity index (χ1) is 12.6. The van der Waals surface area contributed by atoms with Crippen LogP contribution < -0.4 is 4.74 Å². The normalized spacial score (nSPS) is 11.3. The Morgan fingerprint density at radius 2 is 1.58 bits per heavy atom. The molecule has 0 aliphatic rings. The van der Waals surface area contributed by atoms with Gasteiger partial charge in [0.05, 0.1) is 12.7 Å². The van der Waals surface area contributed by atoms with Crippen molar-refractivity contribution in [1.29, 1.82) is 0 Å². The monoisotopic (exact) mass is 352 g/mol. The fourth-order valence-corrected chi connectivity index (χ4v) is 2.01. The Bertz CT molecular complexity index is 774. The number of methoxy groups -OCH3 is 1. The highest BCUT2D eigenvalue weighted by molar-refractivity contribution is 6.05. The SMILES string of the molecule is CC.CN=C(N=C/C=C/c1ccc(OC)cc1)c1ccc(C(=O)O)cc1. The molecule has 5 nitrogen and oxygen atoms in total. The maximum absolute atomic E-state index is 10.9. The first-order valence-corrected chi connectivity index (χ1v) is 8.29. The van der Waals surface area contributed by atoms with Crippen molar-refractivity contribution in [2.24, 2.45) is 9.98 Å². The van der Waals surface area contributed by atoms with E-state index in [1.165, 1.54) is 12.1 Å². The summed E-state index contributed by atoms with van der Waals surface area (Å²) in [5.74, 6) is 0.389. The molecule has 0 fully saturated rings. The van der Waals surface area contributed by atoms with E-state index < -0.39 is 5.97 Å². The van der Waals surface area contributed by atoms with Crippen molar-refractivity contribution in [2.45, 2.75) is 13.8 Å². The Morgan fingerprint density at radius 3 is 2.08 bits per heavy atom. The molecule has 2 aromatic rings. The maximum Gasteiger partial charge on any atom is 0.335 e. The minimum absolute atomic E-state index is 0.234. The lowest BCUT2D eigenvalue weighted by molar-refractivity contribution is 0.0697. The van der Waals surface area contributed by atoms with E-state index in [9.17, 15) is 4.79 Å². The highest BCUT2D eigenvalue weighted by Crippen LogP contribution is 2.12. The highest BCUT2D eigenvalue weighted by Gasteiger charge is 2.04. The summed E-state index contributed by atoms with van der Waals surface area (Å²) in [6.45, 7) is 4.00. The third-order valence-electron chi connectivity index (χ3n) is 3.29. The van der Waals surface area contributed by atoms with Crippen LogP contribution in [-0.4, -0.2) is 37.3 Å². The molecule has 2 aromatic carbocycles.